The van der Waals surface area contributed by atoms with Crippen molar-refractivity contribution in [3.8, 4) is 0 Å². The molecule has 21 heavy (non-hydrogen) atoms. The zero-order valence-corrected chi connectivity index (χ0v) is 12.7. The molecule has 1 aromatic carbocycles. The van der Waals surface area contributed by atoms with Gasteiger partial charge in [-0.1, -0.05) is 24.3 Å². The van der Waals surface area contributed by atoms with Crippen molar-refractivity contribution in [1.29, 1.82) is 0 Å². The van der Waals surface area contributed by atoms with Crippen LogP contribution in [0, 0.1) is 0 Å². The molecule has 3 rings (SSSR count). The third-order valence-electron chi connectivity index (χ3n) is 4.16. The Morgan fingerprint density at radius 1 is 1.38 bits per heavy atom. The van der Waals surface area contributed by atoms with E-state index in [1.807, 2.05) is 26.4 Å². The van der Waals surface area contributed by atoms with Crippen LogP contribution in [0.3, 0.4) is 0 Å². The van der Waals surface area contributed by atoms with Gasteiger partial charge in [0.25, 0.3) is 0 Å². The van der Waals surface area contributed by atoms with E-state index in [0.717, 1.165) is 18.4 Å². The van der Waals surface area contributed by atoms with Crippen LogP contribution in [-0.2, 0) is 18.2 Å². The van der Waals surface area contributed by atoms with Gasteiger partial charge in [-0.05, 0) is 37.3 Å². The first-order chi connectivity index (χ1) is 10.1. The van der Waals surface area contributed by atoms with E-state index in [0.29, 0.717) is 0 Å². The molecule has 0 saturated carbocycles. The van der Waals surface area contributed by atoms with Gasteiger partial charge in [0.15, 0.2) is 0 Å². The highest BCUT2D eigenvalue weighted by Gasteiger charge is 2.27. The Hall–Kier alpha value is -1.65. The van der Waals surface area contributed by atoms with Gasteiger partial charge in [0.1, 0.15) is 6.10 Å². The number of rotatable bonds is 4. The summed E-state index contributed by atoms with van der Waals surface area (Å²) in [4.78, 5) is 0. The molecule has 0 amide bonds. The summed E-state index contributed by atoms with van der Waals surface area (Å²) in [7, 11) is 1.91. The smallest absolute Gasteiger partial charge is 0.101 e. The van der Waals surface area contributed by atoms with E-state index in [1.165, 1.54) is 17.5 Å². The van der Waals surface area contributed by atoms with Crippen LogP contribution in [0.2, 0.25) is 0 Å². The number of nitrogens with two attached hydrogens (primary N) is 1. The summed E-state index contributed by atoms with van der Waals surface area (Å²) >= 11 is 0. The van der Waals surface area contributed by atoms with E-state index in [4.69, 9.17) is 10.5 Å². The van der Waals surface area contributed by atoms with Crippen molar-refractivity contribution < 1.29 is 4.74 Å². The second-order valence-corrected chi connectivity index (χ2v) is 5.94. The van der Waals surface area contributed by atoms with Crippen LogP contribution in [0.15, 0.2) is 36.7 Å². The van der Waals surface area contributed by atoms with E-state index in [9.17, 15) is 0 Å². The van der Waals surface area contributed by atoms with Gasteiger partial charge in [0.05, 0.1) is 12.3 Å². The number of benzene rings is 1. The van der Waals surface area contributed by atoms with Gasteiger partial charge in [-0.25, -0.2) is 0 Å². The molecule has 3 unspecified atom stereocenters. The second-order valence-electron chi connectivity index (χ2n) is 5.94. The van der Waals surface area contributed by atoms with Crippen LogP contribution < -0.4 is 5.73 Å². The Bertz CT molecular complexity index is 606. The van der Waals surface area contributed by atoms with Crippen LogP contribution in [0.25, 0.3) is 0 Å². The first-order valence-electron chi connectivity index (χ1n) is 7.62. The summed E-state index contributed by atoms with van der Waals surface area (Å²) < 4.78 is 8.19. The average molecular weight is 285 g/mol. The van der Waals surface area contributed by atoms with Gasteiger partial charge in [-0.15, -0.1) is 0 Å². The van der Waals surface area contributed by atoms with E-state index in [-0.39, 0.29) is 18.2 Å². The maximum absolute atomic E-state index is 6.40. The van der Waals surface area contributed by atoms with Crippen LogP contribution in [0.4, 0.5) is 0 Å². The van der Waals surface area contributed by atoms with E-state index in [1.54, 1.807) is 4.68 Å². The van der Waals surface area contributed by atoms with E-state index in [2.05, 4.69) is 29.4 Å². The molecule has 0 aliphatic heterocycles. The number of aryl methyl sites for hydroxylation is 2. The topological polar surface area (TPSA) is 53.1 Å². The van der Waals surface area contributed by atoms with E-state index >= 15 is 0 Å². The fourth-order valence-corrected chi connectivity index (χ4v) is 3.12. The summed E-state index contributed by atoms with van der Waals surface area (Å²) in [6, 6.07) is 8.51. The van der Waals surface area contributed by atoms with Gasteiger partial charge >= 0.3 is 0 Å². The lowest BCUT2D eigenvalue weighted by Gasteiger charge is -2.31. The summed E-state index contributed by atoms with van der Waals surface area (Å²) in [5, 5.41) is 4.24. The van der Waals surface area contributed by atoms with Gasteiger partial charge in [0.2, 0.25) is 0 Å². The lowest BCUT2D eigenvalue weighted by atomic mass is 9.89. The standard InChI is InChI=1S/C17H23N3O/c1-12(18)17(14-10-19-20(2)11-14)21-16-9-5-7-13-6-3-4-8-15(13)16/h3-4,6,8,10-12,16-17H,5,7,9,18H2,1-2H3. The highest BCUT2D eigenvalue weighted by Crippen LogP contribution is 2.36. The minimum absolute atomic E-state index is 0.0664. The molecule has 0 fully saturated rings. The molecule has 1 aromatic heterocycles. The molecule has 1 aliphatic rings. The highest BCUT2D eigenvalue weighted by atomic mass is 16.5. The Morgan fingerprint density at radius 3 is 2.90 bits per heavy atom. The largest absolute Gasteiger partial charge is 0.364 e. The number of ether oxygens (including phenoxy) is 1. The van der Waals surface area contributed by atoms with Gasteiger partial charge in [-0.3, -0.25) is 4.68 Å². The fourth-order valence-electron chi connectivity index (χ4n) is 3.12. The molecule has 3 atom stereocenters. The Kier molecular flexibility index (Phi) is 4.08. The minimum Gasteiger partial charge on any atom is -0.364 e. The fraction of sp³-hybridized carbons (Fsp3) is 0.471. The van der Waals surface area contributed by atoms with Gasteiger partial charge in [-0.2, -0.15) is 5.10 Å². The molecule has 4 heteroatoms. The van der Waals surface area contributed by atoms with Crippen molar-refractivity contribution in [2.24, 2.45) is 12.8 Å². The first kappa shape index (κ1) is 14.3. The molecule has 2 N–H and O–H groups in total. The number of aromatic nitrogens is 2. The van der Waals surface area contributed by atoms with Crippen molar-refractivity contribution in [3.05, 3.63) is 53.3 Å². The lowest BCUT2D eigenvalue weighted by molar-refractivity contribution is -0.0340. The molecular weight excluding hydrogens is 262 g/mol. The van der Waals surface area contributed by atoms with Crippen LogP contribution >= 0.6 is 0 Å². The first-order valence-corrected chi connectivity index (χ1v) is 7.62. The summed E-state index contributed by atoms with van der Waals surface area (Å²) in [5.74, 6) is 0. The number of hydrogen-bond acceptors (Lipinski definition) is 3. The normalized spacial score (nSPS) is 20.8. The summed E-state index contributed by atoms with van der Waals surface area (Å²) in [6.07, 6.45) is 7.22. The van der Waals surface area contributed by atoms with Gasteiger partial charge < -0.3 is 10.5 Å². The molecule has 1 heterocycles. The predicted molar refractivity (Wildman–Crippen MR) is 82.8 cm³/mol. The zero-order valence-electron chi connectivity index (χ0n) is 12.7. The monoisotopic (exact) mass is 285 g/mol. The van der Waals surface area contributed by atoms with Crippen LogP contribution in [0.1, 0.15) is 48.7 Å². The molecule has 1 aliphatic carbocycles. The van der Waals surface area contributed by atoms with E-state index < -0.39 is 0 Å². The SMILES string of the molecule is CC(N)C(OC1CCCc2ccccc21)c1cnn(C)c1. The third-order valence-corrected chi connectivity index (χ3v) is 4.16. The maximum Gasteiger partial charge on any atom is 0.101 e. The van der Waals surface area contributed by atoms with Crippen molar-refractivity contribution >= 4 is 0 Å². The van der Waals surface area contributed by atoms with Crippen molar-refractivity contribution in [2.45, 2.75) is 44.4 Å². The summed E-state index contributed by atoms with van der Waals surface area (Å²) in [5.41, 5.74) is 9.93. The molecule has 0 spiro atoms. The maximum atomic E-state index is 6.40. The molecule has 0 saturated heterocycles. The Balaban J connectivity index is 1.84. The minimum atomic E-state index is -0.116. The molecule has 4 nitrogen and oxygen atoms in total. The highest BCUT2D eigenvalue weighted by molar-refractivity contribution is 5.31. The quantitative estimate of drug-likeness (QED) is 0.939. The molecule has 112 valence electrons. The van der Waals surface area contributed by atoms with Crippen LogP contribution in [0.5, 0.6) is 0 Å². The van der Waals surface area contributed by atoms with Crippen molar-refractivity contribution in [1.82, 2.24) is 9.78 Å². The third kappa shape index (κ3) is 3.01. The predicted octanol–water partition coefficient (Wildman–Crippen LogP) is 2.90. The van der Waals surface area contributed by atoms with Crippen molar-refractivity contribution in [2.75, 3.05) is 0 Å². The lowest BCUT2D eigenvalue weighted by Crippen LogP contribution is -2.29. The molecule has 2 aromatic rings. The Morgan fingerprint density at radius 2 is 2.19 bits per heavy atom. The number of nitrogens with zero attached hydrogens (tertiary/aromatic N) is 2. The molecule has 0 bridgehead atoms. The van der Waals surface area contributed by atoms with Crippen molar-refractivity contribution in [3.63, 3.8) is 0 Å². The summed E-state index contributed by atoms with van der Waals surface area (Å²) in [6.45, 7) is 1.99. The zero-order chi connectivity index (χ0) is 14.8. The Labute approximate surface area is 125 Å². The second kappa shape index (κ2) is 6.00. The number of hydrogen-bond donors (Lipinski definition) is 1. The number of fused-ring (bicyclic) bond motifs is 1. The van der Waals surface area contributed by atoms with Crippen LogP contribution in [-0.4, -0.2) is 15.8 Å². The average Bonchev–Trinajstić information content (AvgIpc) is 2.90. The van der Waals surface area contributed by atoms with Gasteiger partial charge in [0, 0.05) is 24.8 Å². The molecular formula is C17H23N3O. The molecule has 0 radical (unpaired) electrons.